The Morgan fingerprint density at radius 1 is 1.53 bits per heavy atom. The highest BCUT2D eigenvalue weighted by Crippen LogP contribution is 2.27. The fourth-order valence-corrected chi connectivity index (χ4v) is 3.00. The summed E-state index contributed by atoms with van der Waals surface area (Å²) in [6.07, 6.45) is 0. The van der Waals surface area contributed by atoms with E-state index in [0.717, 1.165) is 16.8 Å². The number of nitrogens with two attached hydrogens (primary N) is 1. The maximum absolute atomic E-state index is 11.7. The number of aryl methyl sites for hydroxylation is 1. The molecule has 1 rings (SSSR count). The van der Waals surface area contributed by atoms with Gasteiger partial charge in [0.25, 0.3) is 0 Å². The van der Waals surface area contributed by atoms with Crippen LogP contribution in [0.1, 0.15) is 11.9 Å². The Morgan fingerprint density at radius 3 is 2.68 bits per heavy atom. The number of primary amides is 1. The molecule has 0 aliphatic rings. The summed E-state index contributed by atoms with van der Waals surface area (Å²) in [5.74, 6) is -0.495. The average molecular weight is 303 g/mol. The van der Waals surface area contributed by atoms with E-state index in [0.29, 0.717) is 10.1 Å². The molecular weight excluding hydrogens is 290 g/mol. The lowest BCUT2D eigenvalue weighted by Crippen LogP contribution is -2.31. The molecule has 1 aromatic rings. The normalized spacial score (nSPS) is 12.9. The van der Waals surface area contributed by atoms with E-state index in [1.54, 1.807) is 6.92 Å². The number of methoxy groups -OCH3 is 1. The monoisotopic (exact) mass is 303 g/mol. The van der Waals surface area contributed by atoms with Crippen molar-refractivity contribution in [1.82, 2.24) is 15.6 Å². The summed E-state index contributed by atoms with van der Waals surface area (Å²) >= 11 is 2.50. The third kappa shape index (κ3) is 4.83. The third-order valence-corrected chi connectivity index (χ3v) is 4.09. The first-order valence-electron chi connectivity index (χ1n) is 5.08. The van der Waals surface area contributed by atoms with Gasteiger partial charge in [0.2, 0.25) is 0 Å². The minimum absolute atomic E-state index is 0.350. The van der Waals surface area contributed by atoms with Gasteiger partial charge in [-0.3, -0.25) is 4.79 Å². The first kappa shape index (κ1) is 15.4. The number of thioether (sulfide) groups is 1. The van der Waals surface area contributed by atoms with E-state index in [-0.39, 0.29) is 0 Å². The quantitative estimate of drug-likeness (QED) is 0.354. The molecule has 0 aromatic carbocycles. The molecule has 0 spiro atoms. The maximum atomic E-state index is 11.7. The second-order valence-electron chi connectivity index (χ2n) is 3.34. The van der Waals surface area contributed by atoms with Gasteiger partial charge in [0.1, 0.15) is 10.3 Å². The van der Waals surface area contributed by atoms with Gasteiger partial charge in [-0.2, -0.15) is 5.10 Å². The van der Waals surface area contributed by atoms with Crippen molar-refractivity contribution in [3.63, 3.8) is 0 Å². The minimum atomic E-state index is -0.806. The van der Waals surface area contributed by atoms with Gasteiger partial charge in [0.15, 0.2) is 4.34 Å². The summed E-state index contributed by atoms with van der Waals surface area (Å²) in [5, 5.41) is 11.6. The zero-order chi connectivity index (χ0) is 14.4. The number of amides is 2. The highest BCUT2D eigenvalue weighted by molar-refractivity contribution is 8.03. The van der Waals surface area contributed by atoms with E-state index in [1.165, 1.54) is 18.4 Å². The van der Waals surface area contributed by atoms with E-state index in [2.05, 4.69) is 20.7 Å². The van der Waals surface area contributed by atoms with E-state index >= 15 is 0 Å². The van der Waals surface area contributed by atoms with Crippen molar-refractivity contribution in [1.29, 1.82) is 0 Å². The predicted octanol–water partition coefficient (Wildman–Crippen LogP) is 0.524. The van der Waals surface area contributed by atoms with Crippen LogP contribution in [0.15, 0.2) is 9.44 Å². The van der Waals surface area contributed by atoms with Gasteiger partial charge in [0.05, 0.1) is 12.8 Å². The number of carbonyl (C=O) groups is 2. The van der Waals surface area contributed by atoms with Crippen LogP contribution >= 0.6 is 23.1 Å². The molecule has 0 fully saturated rings. The fraction of sp³-hybridized carbons (Fsp3) is 0.444. The Hall–Kier alpha value is -1.68. The number of urea groups is 1. The van der Waals surface area contributed by atoms with Crippen LogP contribution < -0.4 is 11.2 Å². The maximum Gasteiger partial charge on any atom is 0.332 e. The Bertz CT molecular complexity index is 502. The lowest BCUT2D eigenvalue weighted by molar-refractivity contribution is -0.138. The van der Waals surface area contributed by atoms with Crippen LogP contribution in [0.5, 0.6) is 0 Å². The molecule has 104 valence electrons. The number of hydrogen-bond donors (Lipinski definition) is 2. The Kier molecular flexibility index (Phi) is 5.70. The Balaban J connectivity index is 2.85. The number of rotatable bonds is 5. The second-order valence-corrected chi connectivity index (χ2v) is 5.87. The van der Waals surface area contributed by atoms with Gasteiger partial charge in [-0.15, -0.1) is 10.2 Å². The largest absolute Gasteiger partial charge is 0.468 e. The molecule has 1 atom stereocenters. The van der Waals surface area contributed by atoms with Crippen LogP contribution in [0, 0.1) is 6.92 Å². The topological polar surface area (TPSA) is 120 Å². The van der Waals surface area contributed by atoms with Crippen LogP contribution in [0.3, 0.4) is 0 Å². The van der Waals surface area contributed by atoms with Crippen LogP contribution in [0.4, 0.5) is 4.79 Å². The predicted molar refractivity (Wildman–Crippen MR) is 72.1 cm³/mol. The van der Waals surface area contributed by atoms with Crippen molar-refractivity contribution in [2.75, 3.05) is 7.11 Å². The number of aromatic nitrogens is 2. The van der Waals surface area contributed by atoms with Crippen molar-refractivity contribution < 1.29 is 14.3 Å². The number of hydrogen-bond acceptors (Lipinski definition) is 8. The van der Waals surface area contributed by atoms with Crippen molar-refractivity contribution in [2.45, 2.75) is 23.4 Å². The van der Waals surface area contributed by atoms with Crippen LogP contribution in [-0.4, -0.2) is 40.3 Å². The second kappa shape index (κ2) is 7.04. The molecule has 1 unspecified atom stereocenters. The molecule has 0 saturated carbocycles. The molecule has 0 aliphatic heterocycles. The first-order valence-corrected chi connectivity index (χ1v) is 6.78. The van der Waals surface area contributed by atoms with Crippen LogP contribution in [0.25, 0.3) is 0 Å². The van der Waals surface area contributed by atoms with Gasteiger partial charge in [-0.1, -0.05) is 23.1 Å². The lowest BCUT2D eigenvalue weighted by Gasteiger charge is -2.11. The number of nitrogens with one attached hydrogen (secondary N) is 1. The fourth-order valence-electron chi connectivity index (χ4n) is 1.04. The van der Waals surface area contributed by atoms with Crippen LogP contribution in [-0.2, 0) is 9.53 Å². The van der Waals surface area contributed by atoms with Gasteiger partial charge in [-0.25, -0.2) is 10.2 Å². The molecule has 0 saturated heterocycles. The highest BCUT2D eigenvalue weighted by atomic mass is 32.2. The molecular formula is C9H13N5O3S2. The van der Waals surface area contributed by atoms with Gasteiger partial charge >= 0.3 is 12.0 Å². The van der Waals surface area contributed by atoms with Crippen molar-refractivity contribution in [2.24, 2.45) is 10.8 Å². The van der Waals surface area contributed by atoms with Crippen molar-refractivity contribution in [3.8, 4) is 0 Å². The lowest BCUT2D eigenvalue weighted by atomic mass is 10.3. The number of ether oxygens (including phenoxy) is 1. The zero-order valence-corrected chi connectivity index (χ0v) is 12.2. The molecule has 0 aliphatic carbocycles. The summed E-state index contributed by atoms with van der Waals surface area (Å²) in [5.41, 5.74) is 7.32. The van der Waals surface area contributed by atoms with E-state index in [1.807, 2.05) is 6.92 Å². The average Bonchev–Trinajstić information content (AvgIpc) is 2.77. The molecule has 0 bridgehead atoms. The molecule has 1 aromatic heterocycles. The molecule has 1 heterocycles. The van der Waals surface area contributed by atoms with Gasteiger partial charge in [-0.05, 0) is 13.8 Å². The minimum Gasteiger partial charge on any atom is -0.468 e. The molecule has 2 amide bonds. The molecule has 0 radical (unpaired) electrons. The summed E-state index contributed by atoms with van der Waals surface area (Å²) in [4.78, 5) is 22.3. The van der Waals surface area contributed by atoms with E-state index in [9.17, 15) is 9.59 Å². The van der Waals surface area contributed by atoms with Crippen LogP contribution in [0.2, 0.25) is 0 Å². The summed E-state index contributed by atoms with van der Waals surface area (Å²) in [6.45, 7) is 3.39. The SMILES string of the molecule is COC(=O)C(Sc1nnc(C)s1)/C(C)=N/NC(N)=O. The summed E-state index contributed by atoms with van der Waals surface area (Å²) in [7, 11) is 1.27. The van der Waals surface area contributed by atoms with Gasteiger partial charge in [0, 0.05) is 0 Å². The molecule has 8 nitrogen and oxygen atoms in total. The third-order valence-electron chi connectivity index (χ3n) is 1.86. The zero-order valence-electron chi connectivity index (χ0n) is 10.5. The van der Waals surface area contributed by atoms with E-state index in [4.69, 9.17) is 10.5 Å². The standard InChI is InChI=1S/C9H13N5O3S2/c1-4(11-13-8(10)16)6(7(15)17-3)19-9-14-12-5(2)18-9/h6H,1-3H3,(H3,10,13,16)/b11-4+. The number of esters is 1. The number of hydrazone groups is 1. The number of carbonyl (C=O) groups excluding carboxylic acids is 2. The number of nitrogens with zero attached hydrogens (tertiary/aromatic N) is 3. The highest BCUT2D eigenvalue weighted by Gasteiger charge is 2.26. The first-order chi connectivity index (χ1) is 8.93. The summed E-state index contributed by atoms with van der Waals surface area (Å²) < 4.78 is 5.30. The van der Waals surface area contributed by atoms with Crippen molar-refractivity contribution >= 4 is 40.8 Å². The molecule has 3 N–H and O–H groups in total. The molecule has 19 heavy (non-hydrogen) atoms. The Morgan fingerprint density at radius 2 is 2.21 bits per heavy atom. The summed E-state index contributed by atoms with van der Waals surface area (Å²) in [6, 6.07) is -0.806. The Labute approximate surface area is 117 Å². The van der Waals surface area contributed by atoms with Gasteiger partial charge < -0.3 is 10.5 Å². The van der Waals surface area contributed by atoms with E-state index < -0.39 is 17.3 Å². The van der Waals surface area contributed by atoms with Crippen molar-refractivity contribution in [3.05, 3.63) is 5.01 Å². The molecule has 10 heteroatoms. The smallest absolute Gasteiger partial charge is 0.332 e.